The van der Waals surface area contributed by atoms with Crippen LogP contribution in [0, 0.1) is 11.3 Å². The summed E-state index contributed by atoms with van der Waals surface area (Å²) < 4.78 is 5.41. The molecule has 170 valence electrons. The van der Waals surface area contributed by atoms with Crippen LogP contribution in [-0.2, 0) is 6.42 Å². The van der Waals surface area contributed by atoms with Gasteiger partial charge in [0.05, 0.1) is 19.2 Å². The Morgan fingerprint density at radius 1 is 1.12 bits per heavy atom. The van der Waals surface area contributed by atoms with Crippen LogP contribution in [0.15, 0.2) is 42.5 Å². The van der Waals surface area contributed by atoms with Crippen LogP contribution in [0.2, 0.25) is 0 Å². The van der Waals surface area contributed by atoms with Crippen molar-refractivity contribution in [2.24, 2.45) is 11.3 Å². The lowest BCUT2D eigenvalue weighted by Gasteiger charge is -2.54. The summed E-state index contributed by atoms with van der Waals surface area (Å²) in [5.41, 5.74) is 4.65. The second-order valence-electron chi connectivity index (χ2n) is 10.4. The molecule has 1 aliphatic carbocycles. The van der Waals surface area contributed by atoms with Gasteiger partial charge in [-0.15, -0.1) is 0 Å². The molecule has 1 amide bonds. The molecular formula is C27H34N2O3. The summed E-state index contributed by atoms with van der Waals surface area (Å²) in [5, 5.41) is 10.4. The van der Waals surface area contributed by atoms with Crippen LogP contribution in [0.1, 0.15) is 50.3 Å². The van der Waals surface area contributed by atoms with Crippen LogP contribution in [0.4, 0.5) is 4.79 Å². The fraction of sp³-hybridized carbons (Fsp3) is 0.519. The second-order valence-corrected chi connectivity index (χ2v) is 10.4. The number of carbonyl (C=O) groups is 1. The smallest absolute Gasteiger partial charge is 0.408 e. The molecule has 6 rings (SSSR count). The summed E-state index contributed by atoms with van der Waals surface area (Å²) in [5.74, 6) is 1.33. The van der Waals surface area contributed by atoms with Crippen LogP contribution in [0.5, 0.6) is 5.75 Å². The van der Waals surface area contributed by atoms with E-state index in [-0.39, 0.29) is 17.5 Å². The van der Waals surface area contributed by atoms with Crippen molar-refractivity contribution in [3.05, 3.63) is 53.6 Å². The molecular weight excluding hydrogens is 400 g/mol. The van der Waals surface area contributed by atoms with E-state index in [1.165, 1.54) is 11.1 Å². The maximum Gasteiger partial charge on any atom is 0.408 e. The Labute approximate surface area is 191 Å². The zero-order valence-electron chi connectivity index (χ0n) is 19.4. The molecule has 0 aromatic heterocycles. The van der Waals surface area contributed by atoms with Crippen molar-refractivity contribution < 1.29 is 14.6 Å². The zero-order chi connectivity index (χ0) is 22.5. The first-order valence-electron chi connectivity index (χ1n) is 11.9. The number of nitrogens with zero attached hydrogens (tertiary/aromatic N) is 2. The number of hydrogen-bond acceptors (Lipinski definition) is 3. The van der Waals surface area contributed by atoms with Crippen LogP contribution in [0.3, 0.4) is 0 Å². The third-order valence-electron chi connectivity index (χ3n) is 8.10. The van der Waals surface area contributed by atoms with Gasteiger partial charge >= 0.3 is 6.09 Å². The number of amides is 1. The van der Waals surface area contributed by atoms with E-state index in [9.17, 15) is 9.90 Å². The molecule has 2 aromatic rings. The first-order valence-corrected chi connectivity index (χ1v) is 11.9. The average Bonchev–Trinajstić information content (AvgIpc) is 2.81. The van der Waals surface area contributed by atoms with Gasteiger partial charge in [0.15, 0.2) is 0 Å². The molecule has 3 fully saturated rings. The predicted octanol–water partition coefficient (Wildman–Crippen LogP) is 5.45. The molecule has 5 nitrogen and oxygen atoms in total. The normalized spacial score (nSPS) is 28.1. The van der Waals surface area contributed by atoms with E-state index in [0.29, 0.717) is 5.92 Å². The highest BCUT2D eigenvalue weighted by Gasteiger charge is 2.48. The van der Waals surface area contributed by atoms with Crippen molar-refractivity contribution in [1.29, 1.82) is 0 Å². The number of fused-ring (bicyclic) bond motifs is 4. The Hall–Kier alpha value is -2.53. The van der Waals surface area contributed by atoms with Gasteiger partial charge < -0.3 is 14.7 Å². The fourth-order valence-electron chi connectivity index (χ4n) is 6.30. The highest BCUT2D eigenvalue weighted by Crippen LogP contribution is 2.50. The van der Waals surface area contributed by atoms with Crippen LogP contribution in [0.25, 0.3) is 11.1 Å². The van der Waals surface area contributed by atoms with Gasteiger partial charge in [-0.3, -0.25) is 4.90 Å². The Bertz CT molecular complexity index is 1010. The van der Waals surface area contributed by atoms with E-state index < -0.39 is 6.09 Å². The third kappa shape index (κ3) is 3.66. The van der Waals surface area contributed by atoms with E-state index >= 15 is 0 Å². The first kappa shape index (κ1) is 21.3. The summed E-state index contributed by atoms with van der Waals surface area (Å²) in [6.45, 7) is 7.59. The molecule has 5 heteroatoms. The molecule has 3 aliphatic heterocycles. The number of piperidine rings is 3. The van der Waals surface area contributed by atoms with Gasteiger partial charge in [-0.2, -0.15) is 0 Å². The Kier molecular flexibility index (Phi) is 5.40. The van der Waals surface area contributed by atoms with Crippen LogP contribution in [-0.4, -0.2) is 53.8 Å². The van der Waals surface area contributed by atoms with Crippen LogP contribution >= 0.6 is 0 Å². The molecule has 2 atom stereocenters. The largest absolute Gasteiger partial charge is 0.497 e. The molecule has 0 spiro atoms. The molecule has 2 aromatic carbocycles. The van der Waals surface area contributed by atoms with Crippen molar-refractivity contribution in [3.8, 4) is 16.9 Å². The number of carboxylic acid groups (broad SMARTS) is 1. The highest BCUT2D eigenvalue weighted by atomic mass is 16.5. The summed E-state index contributed by atoms with van der Waals surface area (Å²) in [4.78, 5) is 17.0. The average molecular weight is 435 g/mol. The number of benzene rings is 2. The van der Waals surface area contributed by atoms with E-state index in [2.05, 4.69) is 49.1 Å². The van der Waals surface area contributed by atoms with E-state index in [1.54, 1.807) is 7.11 Å². The summed E-state index contributed by atoms with van der Waals surface area (Å²) in [6.07, 6.45) is 3.42. The van der Waals surface area contributed by atoms with Crippen molar-refractivity contribution in [2.75, 3.05) is 26.7 Å². The predicted molar refractivity (Wildman–Crippen MR) is 126 cm³/mol. The third-order valence-corrected chi connectivity index (χ3v) is 8.10. The SMILES string of the molecule is COc1cccc(-c2ccc3c(c2)CCC(C)(C)[C@H]3N(C(=O)O)[C@@H]2CN3CCC2CC3)c1. The molecule has 4 aliphatic rings. The molecule has 0 unspecified atom stereocenters. The molecule has 2 bridgehead atoms. The van der Waals surface area contributed by atoms with E-state index in [1.807, 2.05) is 17.0 Å². The lowest BCUT2D eigenvalue weighted by molar-refractivity contribution is -0.0352. The molecule has 0 radical (unpaired) electrons. The van der Waals surface area contributed by atoms with Gasteiger partial charge in [0.2, 0.25) is 0 Å². The van der Waals surface area contributed by atoms with Gasteiger partial charge in [-0.1, -0.05) is 44.2 Å². The molecule has 1 N–H and O–H groups in total. The minimum Gasteiger partial charge on any atom is -0.497 e. The fourth-order valence-corrected chi connectivity index (χ4v) is 6.30. The number of rotatable bonds is 4. The Morgan fingerprint density at radius 2 is 1.88 bits per heavy atom. The summed E-state index contributed by atoms with van der Waals surface area (Å²) in [7, 11) is 1.69. The number of ether oxygens (including phenoxy) is 1. The molecule has 32 heavy (non-hydrogen) atoms. The lowest BCUT2D eigenvalue weighted by atomic mass is 9.68. The maximum absolute atomic E-state index is 12.7. The van der Waals surface area contributed by atoms with E-state index in [0.717, 1.165) is 62.2 Å². The zero-order valence-corrected chi connectivity index (χ0v) is 19.4. The number of aryl methyl sites for hydroxylation is 1. The standard InChI is InChI=1S/C27H34N2O3/c1-27(2)12-9-21-15-20(19-5-4-6-22(16-19)32-3)7-8-23(21)25(27)29(26(30)31)24-17-28-13-10-18(24)11-14-28/h4-8,15-16,18,24-25H,9-14,17H2,1-3H3,(H,30,31)/t24-,25+/m1/s1. The number of hydrogen-bond donors (Lipinski definition) is 1. The highest BCUT2D eigenvalue weighted by molar-refractivity contribution is 5.69. The minimum atomic E-state index is -0.772. The Balaban J connectivity index is 1.54. The topological polar surface area (TPSA) is 53.0 Å². The summed E-state index contributed by atoms with van der Waals surface area (Å²) in [6, 6.07) is 14.7. The minimum absolute atomic E-state index is 0.0864. The van der Waals surface area contributed by atoms with Gasteiger partial charge in [-0.05, 0) is 84.5 Å². The van der Waals surface area contributed by atoms with E-state index in [4.69, 9.17) is 4.74 Å². The second kappa shape index (κ2) is 8.11. The lowest BCUT2D eigenvalue weighted by Crippen LogP contribution is -2.61. The Morgan fingerprint density at radius 3 is 2.53 bits per heavy atom. The first-order chi connectivity index (χ1) is 15.4. The molecule has 3 heterocycles. The van der Waals surface area contributed by atoms with Crippen molar-refractivity contribution >= 4 is 6.09 Å². The molecule has 3 saturated heterocycles. The maximum atomic E-state index is 12.7. The molecule has 0 saturated carbocycles. The van der Waals surface area contributed by atoms with Crippen molar-refractivity contribution in [2.45, 2.75) is 51.6 Å². The van der Waals surface area contributed by atoms with Gasteiger partial charge in [0.25, 0.3) is 0 Å². The quantitative estimate of drug-likeness (QED) is 0.695. The monoisotopic (exact) mass is 434 g/mol. The number of methoxy groups -OCH3 is 1. The van der Waals surface area contributed by atoms with Gasteiger partial charge in [0, 0.05) is 6.54 Å². The summed E-state index contributed by atoms with van der Waals surface area (Å²) >= 11 is 0. The van der Waals surface area contributed by atoms with Crippen molar-refractivity contribution in [1.82, 2.24) is 9.80 Å². The van der Waals surface area contributed by atoms with Gasteiger partial charge in [0.1, 0.15) is 5.75 Å². The van der Waals surface area contributed by atoms with Gasteiger partial charge in [-0.25, -0.2) is 4.79 Å². The van der Waals surface area contributed by atoms with Crippen LogP contribution < -0.4 is 4.74 Å². The van der Waals surface area contributed by atoms with Crippen molar-refractivity contribution in [3.63, 3.8) is 0 Å².